The lowest BCUT2D eigenvalue weighted by Crippen LogP contribution is -2.28. The summed E-state index contributed by atoms with van der Waals surface area (Å²) in [7, 11) is 0. The Labute approximate surface area is 96.6 Å². The van der Waals surface area contributed by atoms with E-state index in [9.17, 15) is 4.79 Å². The molecular formula is C14H18O2. The van der Waals surface area contributed by atoms with Gasteiger partial charge in [-0.3, -0.25) is 0 Å². The number of esters is 1. The van der Waals surface area contributed by atoms with Gasteiger partial charge in [-0.15, -0.1) is 0 Å². The Balaban J connectivity index is 1.96. The summed E-state index contributed by atoms with van der Waals surface area (Å²) in [6.45, 7) is 2.17. The van der Waals surface area contributed by atoms with E-state index in [1.807, 2.05) is 18.2 Å². The van der Waals surface area contributed by atoms with Gasteiger partial charge in [0.25, 0.3) is 0 Å². The second-order valence-electron chi connectivity index (χ2n) is 4.57. The molecule has 2 heteroatoms. The molecule has 1 aromatic rings. The first-order valence-electron chi connectivity index (χ1n) is 6.03. The topological polar surface area (TPSA) is 26.3 Å². The Bertz CT molecular complexity index is 345. The van der Waals surface area contributed by atoms with Gasteiger partial charge in [-0.1, -0.05) is 31.5 Å². The number of rotatable bonds is 2. The lowest BCUT2D eigenvalue weighted by Gasteiger charge is -2.28. The van der Waals surface area contributed by atoms with E-state index in [1.165, 1.54) is 19.3 Å². The minimum absolute atomic E-state index is 0.112. The number of hydrogen-bond donors (Lipinski definition) is 0. The van der Waals surface area contributed by atoms with Gasteiger partial charge < -0.3 is 4.74 Å². The zero-order valence-electron chi connectivity index (χ0n) is 9.69. The van der Waals surface area contributed by atoms with Gasteiger partial charge in [0.2, 0.25) is 0 Å². The van der Waals surface area contributed by atoms with Crippen LogP contribution < -0.4 is 0 Å². The fourth-order valence-corrected chi connectivity index (χ4v) is 2.24. The second kappa shape index (κ2) is 5.15. The van der Waals surface area contributed by atoms with Crippen LogP contribution in [0.3, 0.4) is 0 Å². The van der Waals surface area contributed by atoms with Gasteiger partial charge >= 0.3 is 5.97 Å². The molecule has 0 N–H and O–H groups in total. The van der Waals surface area contributed by atoms with E-state index in [0.29, 0.717) is 11.5 Å². The molecule has 1 aromatic carbocycles. The third kappa shape index (κ3) is 2.63. The molecule has 0 aromatic heterocycles. The molecule has 1 aliphatic rings. The molecule has 16 heavy (non-hydrogen) atoms. The maximum absolute atomic E-state index is 11.8. The van der Waals surface area contributed by atoms with Gasteiger partial charge in [0.05, 0.1) is 5.56 Å². The monoisotopic (exact) mass is 218 g/mol. The van der Waals surface area contributed by atoms with Crippen LogP contribution in [0.15, 0.2) is 30.3 Å². The van der Waals surface area contributed by atoms with Gasteiger partial charge in [0.15, 0.2) is 0 Å². The molecule has 1 fully saturated rings. The largest absolute Gasteiger partial charge is 0.459 e. The van der Waals surface area contributed by atoms with E-state index in [1.54, 1.807) is 12.1 Å². The molecule has 2 rings (SSSR count). The highest BCUT2D eigenvalue weighted by Crippen LogP contribution is 2.26. The Kier molecular flexibility index (Phi) is 3.60. The summed E-state index contributed by atoms with van der Waals surface area (Å²) < 4.78 is 5.55. The highest BCUT2D eigenvalue weighted by molar-refractivity contribution is 5.89. The number of hydrogen-bond acceptors (Lipinski definition) is 2. The molecule has 0 spiro atoms. The smallest absolute Gasteiger partial charge is 0.338 e. The lowest BCUT2D eigenvalue weighted by atomic mass is 9.88. The van der Waals surface area contributed by atoms with E-state index in [2.05, 4.69) is 6.92 Å². The molecule has 0 heterocycles. The maximum atomic E-state index is 11.8. The lowest BCUT2D eigenvalue weighted by molar-refractivity contribution is 0.00482. The number of carbonyl (C=O) groups excluding carboxylic acids is 1. The van der Waals surface area contributed by atoms with Crippen molar-refractivity contribution in [1.29, 1.82) is 0 Å². The quantitative estimate of drug-likeness (QED) is 0.711. The third-order valence-corrected chi connectivity index (χ3v) is 3.30. The summed E-state index contributed by atoms with van der Waals surface area (Å²) in [6, 6.07) is 9.23. The number of benzene rings is 1. The van der Waals surface area contributed by atoms with E-state index in [-0.39, 0.29) is 12.1 Å². The van der Waals surface area contributed by atoms with E-state index in [4.69, 9.17) is 4.74 Å². The van der Waals surface area contributed by atoms with Crippen LogP contribution in [0.25, 0.3) is 0 Å². The van der Waals surface area contributed by atoms with Crippen molar-refractivity contribution in [2.75, 3.05) is 0 Å². The molecule has 1 aliphatic carbocycles. The summed E-state index contributed by atoms with van der Waals surface area (Å²) in [4.78, 5) is 11.8. The summed E-state index contributed by atoms with van der Waals surface area (Å²) in [6.07, 6.45) is 4.74. The van der Waals surface area contributed by atoms with E-state index >= 15 is 0 Å². The summed E-state index contributed by atoms with van der Waals surface area (Å²) in [5.74, 6) is 0.320. The van der Waals surface area contributed by atoms with Crippen LogP contribution in [0.1, 0.15) is 43.0 Å². The molecule has 0 radical (unpaired) electrons. The van der Waals surface area contributed by atoms with Gasteiger partial charge in [0, 0.05) is 0 Å². The zero-order chi connectivity index (χ0) is 11.4. The Hall–Kier alpha value is -1.31. The fraction of sp³-hybridized carbons (Fsp3) is 0.500. The van der Waals surface area contributed by atoms with Gasteiger partial charge in [0.1, 0.15) is 6.10 Å². The predicted molar refractivity (Wildman–Crippen MR) is 63.3 cm³/mol. The molecule has 2 atom stereocenters. The molecule has 1 saturated carbocycles. The fourth-order valence-electron chi connectivity index (χ4n) is 2.24. The first-order chi connectivity index (χ1) is 7.77. The van der Waals surface area contributed by atoms with Crippen molar-refractivity contribution in [3.05, 3.63) is 35.9 Å². The Morgan fingerprint density at radius 3 is 2.56 bits per heavy atom. The average molecular weight is 218 g/mol. The van der Waals surface area contributed by atoms with Crippen molar-refractivity contribution in [3.8, 4) is 0 Å². The number of carbonyl (C=O) groups is 1. The van der Waals surface area contributed by atoms with Gasteiger partial charge in [-0.05, 0) is 37.3 Å². The van der Waals surface area contributed by atoms with Crippen molar-refractivity contribution in [1.82, 2.24) is 0 Å². The Morgan fingerprint density at radius 1 is 1.19 bits per heavy atom. The highest BCUT2D eigenvalue weighted by Gasteiger charge is 2.24. The molecule has 0 aliphatic heterocycles. The first-order valence-corrected chi connectivity index (χ1v) is 6.03. The summed E-state index contributed by atoms with van der Waals surface area (Å²) in [5, 5.41) is 0. The minimum Gasteiger partial charge on any atom is -0.459 e. The van der Waals surface area contributed by atoms with Crippen molar-refractivity contribution in [3.63, 3.8) is 0 Å². The third-order valence-electron chi connectivity index (χ3n) is 3.30. The van der Waals surface area contributed by atoms with Crippen molar-refractivity contribution < 1.29 is 9.53 Å². The van der Waals surface area contributed by atoms with Crippen LogP contribution in [0.5, 0.6) is 0 Å². The van der Waals surface area contributed by atoms with Crippen LogP contribution in [0, 0.1) is 5.92 Å². The minimum atomic E-state index is -0.181. The zero-order valence-corrected chi connectivity index (χ0v) is 9.69. The first kappa shape index (κ1) is 11.2. The summed E-state index contributed by atoms with van der Waals surface area (Å²) >= 11 is 0. The highest BCUT2D eigenvalue weighted by atomic mass is 16.5. The van der Waals surface area contributed by atoms with Crippen LogP contribution in [-0.4, -0.2) is 12.1 Å². The van der Waals surface area contributed by atoms with E-state index < -0.39 is 0 Å². The standard InChI is InChI=1S/C14H18O2/c1-11-7-5-6-10-13(11)16-14(15)12-8-3-2-4-9-12/h2-4,8-9,11,13H,5-7,10H2,1H3/t11-,13-/m0/s1. The van der Waals surface area contributed by atoms with Gasteiger partial charge in [-0.2, -0.15) is 0 Å². The van der Waals surface area contributed by atoms with Crippen LogP contribution in [0.2, 0.25) is 0 Å². The molecule has 2 nitrogen and oxygen atoms in total. The SMILES string of the molecule is C[C@H]1CCCC[C@@H]1OC(=O)c1ccccc1. The normalized spacial score (nSPS) is 25.1. The number of ether oxygens (including phenoxy) is 1. The van der Waals surface area contributed by atoms with Crippen LogP contribution in [-0.2, 0) is 4.74 Å². The molecule has 0 bridgehead atoms. The van der Waals surface area contributed by atoms with E-state index in [0.717, 1.165) is 6.42 Å². The maximum Gasteiger partial charge on any atom is 0.338 e. The molecular weight excluding hydrogens is 200 g/mol. The van der Waals surface area contributed by atoms with Crippen molar-refractivity contribution in [2.24, 2.45) is 5.92 Å². The molecule has 0 unspecified atom stereocenters. The van der Waals surface area contributed by atoms with Crippen LogP contribution >= 0.6 is 0 Å². The van der Waals surface area contributed by atoms with Crippen molar-refractivity contribution >= 4 is 5.97 Å². The van der Waals surface area contributed by atoms with Crippen molar-refractivity contribution in [2.45, 2.75) is 38.7 Å². The molecule has 86 valence electrons. The van der Waals surface area contributed by atoms with Crippen LogP contribution in [0.4, 0.5) is 0 Å². The average Bonchev–Trinajstić information content (AvgIpc) is 2.33. The molecule has 0 amide bonds. The summed E-state index contributed by atoms with van der Waals surface area (Å²) in [5.41, 5.74) is 0.653. The predicted octanol–water partition coefficient (Wildman–Crippen LogP) is 3.42. The second-order valence-corrected chi connectivity index (χ2v) is 4.57. The Morgan fingerprint density at radius 2 is 1.88 bits per heavy atom. The van der Waals surface area contributed by atoms with Gasteiger partial charge in [-0.25, -0.2) is 4.79 Å². The molecule has 0 saturated heterocycles.